The molecule has 1 N–H and O–H groups in total. The van der Waals surface area contributed by atoms with E-state index >= 15 is 0 Å². The van der Waals surface area contributed by atoms with Crippen LogP contribution in [0.3, 0.4) is 0 Å². The van der Waals surface area contributed by atoms with Crippen molar-refractivity contribution in [2.45, 2.75) is 38.7 Å². The molecule has 1 saturated carbocycles. The highest BCUT2D eigenvalue weighted by molar-refractivity contribution is 5.95. The largest absolute Gasteiger partial charge is 0.478 e. The zero-order valence-corrected chi connectivity index (χ0v) is 8.16. The second-order valence-electron chi connectivity index (χ2n) is 3.48. The highest BCUT2D eigenvalue weighted by atomic mass is 16.5. The van der Waals surface area contributed by atoms with Gasteiger partial charge >= 0.3 is 11.9 Å². The molecule has 1 aliphatic rings. The molecule has 1 aliphatic carbocycles. The fraction of sp³-hybridized carbons (Fsp3) is 0.600. The first-order valence-electron chi connectivity index (χ1n) is 4.72. The standard InChI is InChI=1S/C10H14O4/c1-7(6-9(11)12)10(13)14-8-4-2-3-5-8/h6,8H,2-5H2,1H3,(H,11,12)/b7-6-. The number of hydrogen-bond acceptors (Lipinski definition) is 3. The lowest BCUT2D eigenvalue weighted by Gasteiger charge is -2.10. The predicted octanol–water partition coefficient (Wildman–Crippen LogP) is 1.50. The van der Waals surface area contributed by atoms with Crippen LogP contribution in [-0.4, -0.2) is 23.1 Å². The van der Waals surface area contributed by atoms with Crippen molar-refractivity contribution in [3.8, 4) is 0 Å². The van der Waals surface area contributed by atoms with E-state index in [1.54, 1.807) is 0 Å². The Balaban J connectivity index is 2.44. The van der Waals surface area contributed by atoms with E-state index in [1.165, 1.54) is 6.92 Å². The second-order valence-corrected chi connectivity index (χ2v) is 3.48. The van der Waals surface area contributed by atoms with Gasteiger partial charge in [-0.3, -0.25) is 0 Å². The Morgan fingerprint density at radius 1 is 1.36 bits per heavy atom. The molecular weight excluding hydrogens is 184 g/mol. The number of hydrogen-bond donors (Lipinski definition) is 1. The Morgan fingerprint density at radius 2 is 1.93 bits per heavy atom. The molecule has 0 aromatic rings. The Bertz CT molecular complexity index is 261. The third kappa shape index (κ3) is 3.20. The van der Waals surface area contributed by atoms with Crippen molar-refractivity contribution in [1.82, 2.24) is 0 Å². The highest BCUT2D eigenvalue weighted by Crippen LogP contribution is 2.21. The second kappa shape index (κ2) is 4.79. The molecule has 4 nitrogen and oxygen atoms in total. The molecule has 0 aliphatic heterocycles. The molecule has 0 aromatic carbocycles. The average molecular weight is 198 g/mol. The number of carboxylic acids is 1. The van der Waals surface area contributed by atoms with Crippen molar-refractivity contribution in [2.75, 3.05) is 0 Å². The average Bonchev–Trinajstić information content (AvgIpc) is 2.55. The van der Waals surface area contributed by atoms with Crippen LogP contribution >= 0.6 is 0 Å². The molecule has 0 atom stereocenters. The molecule has 0 amide bonds. The van der Waals surface area contributed by atoms with Gasteiger partial charge in [0, 0.05) is 11.6 Å². The minimum absolute atomic E-state index is 0.0142. The van der Waals surface area contributed by atoms with Gasteiger partial charge in [0.1, 0.15) is 6.10 Å². The van der Waals surface area contributed by atoms with E-state index in [9.17, 15) is 9.59 Å². The topological polar surface area (TPSA) is 63.6 Å². The molecular formula is C10H14O4. The molecule has 1 rings (SSSR count). The van der Waals surface area contributed by atoms with E-state index in [1.807, 2.05) is 0 Å². The molecule has 0 unspecified atom stereocenters. The summed E-state index contributed by atoms with van der Waals surface area (Å²) in [4.78, 5) is 21.5. The van der Waals surface area contributed by atoms with E-state index in [4.69, 9.17) is 9.84 Å². The molecule has 1 fully saturated rings. The van der Waals surface area contributed by atoms with Crippen LogP contribution in [0.15, 0.2) is 11.6 Å². The predicted molar refractivity (Wildman–Crippen MR) is 49.7 cm³/mol. The first-order chi connectivity index (χ1) is 6.59. The molecule has 78 valence electrons. The molecule has 14 heavy (non-hydrogen) atoms. The number of rotatable bonds is 3. The van der Waals surface area contributed by atoms with Crippen LogP contribution in [0, 0.1) is 0 Å². The van der Waals surface area contributed by atoms with Gasteiger partial charge in [0.15, 0.2) is 0 Å². The molecule has 0 radical (unpaired) electrons. The van der Waals surface area contributed by atoms with E-state index in [-0.39, 0.29) is 11.7 Å². The van der Waals surface area contributed by atoms with Crippen molar-refractivity contribution in [3.63, 3.8) is 0 Å². The van der Waals surface area contributed by atoms with Crippen molar-refractivity contribution in [3.05, 3.63) is 11.6 Å². The summed E-state index contributed by atoms with van der Waals surface area (Å²) >= 11 is 0. The number of esters is 1. The van der Waals surface area contributed by atoms with Crippen molar-refractivity contribution in [2.24, 2.45) is 0 Å². The molecule has 4 heteroatoms. The first-order valence-corrected chi connectivity index (χ1v) is 4.72. The number of carboxylic acid groups (broad SMARTS) is 1. The summed E-state index contributed by atoms with van der Waals surface area (Å²) in [6, 6.07) is 0. The maximum atomic E-state index is 11.3. The summed E-state index contributed by atoms with van der Waals surface area (Å²) in [6.07, 6.45) is 4.81. The van der Waals surface area contributed by atoms with Gasteiger partial charge in [-0.25, -0.2) is 9.59 Å². The molecule has 0 bridgehead atoms. The zero-order chi connectivity index (χ0) is 10.6. The smallest absolute Gasteiger partial charge is 0.334 e. The van der Waals surface area contributed by atoms with Gasteiger partial charge in [0.05, 0.1) is 0 Å². The lowest BCUT2D eigenvalue weighted by molar-refractivity contribution is -0.144. The van der Waals surface area contributed by atoms with Crippen molar-refractivity contribution < 1.29 is 19.4 Å². The SMILES string of the molecule is C/C(=C/C(=O)O)C(=O)OC1CCCC1. The molecule has 0 heterocycles. The van der Waals surface area contributed by atoms with Gasteiger partial charge in [-0.05, 0) is 32.6 Å². The number of carbonyl (C=O) groups is 2. The lowest BCUT2D eigenvalue weighted by atomic mass is 10.2. The Labute approximate surface area is 82.6 Å². The van der Waals surface area contributed by atoms with Crippen LogP contribution < -0.4 is 0 Å². The normalized spacial score (nSPS) is 18.2. The van der Waals surface area contributed by atoms with Gasteiger partial charge in [-0.2, -0.15) is 0 Å². The Kier molecular flexibility index (Phi) is 3.68. The van der Waals surface area contributed by atoms with Crippen LogP contribution in [0.5, 0.6) is 0 Å². The Hall–Kier alpha value is -1.32. The molecule has 0 saturated heterocycles. The summed E-state index contributed by atoms with van der Waals surface area (Å²) in [5, 5.41) is 8.41. The fourth-order valence-electron chi connectivity index (χ4n) is 1.49. The van der Waals surface area contributed by atoms with Crippen molar-refractivity contribution in [1.29, 1.82) is 0 Å². The number of aliphatic carboxylic acids is 1. The fourth-order valence-corrected chi connectivity index (χ4v) is 1.49. The van der Waals surface area contributed by atoms with Gasteiger partial charge in [0.2, 0.25) is 0 Å². The Morgan fingerprint density at radius 3 is 2.43 bits per heavy atom. The molecule has 0 spiro atoms. The maximum absolute atomic E-state index is 11.3. The van der Waals surface area contributed by atoms with E-state index in [2.05, 4.69) is 0 Å². The monoisotopic (exact) mass is 198 g/mol. The van der Waals surface area contributed by atoms with E-state index in [0.717, 1.165) is 31.8 Å². The van der Waals surface area contributed by atoms with Crippen molar-refractivity contribution >= 4 is 11.9 Å². The van der Waals surface area contributed by atoms with Gasteiger partial charge in [-0.1, -0.05) is 0 Å². The van der Waals surface area contributed by atoms with Crippen LogP contribution in [0.2, 0.25) is 0 Å². The van der Waals surface area contributed by atoms with E-state index < -0.39 is 11.9 Å². The minimum Gasteiger partial charge on any atom is -0.478 e. The third-order valence-electron chi connectivity index (χ3n) is 2.24. The highest BCUT2D eigenvalue weighted by Gasteiger charge is 2.20. The van der Waals surface area contributed by atoms with E-state index in [0.29, 0.717) is 0 Å². The summed E-state index contributed by atoms with van der Waals surface area (Å²) in [7, 11) is 0. The maximum Gasteiger partial charge on any atom is 0.334 e. The number of ether oxygens (including phenoxy) is 1. The quantitative estimate of drug-likeness (QED) is 0.551. The van der Waals surface area contributed by atoms with Crippen LogP contribution in [0.25, 0.3) is 0 Å². The zero-order valence-electron chi connectivity index (χ0n) is 8.16. The van der Waals surface area contributed by atoms with Gasteiger partial charge in [-0.15, -0.1) is 0 Å². The van der Waals surface area contributed by atoms with Gasteiger partial charge in [0.25, 0.3) is 0 Å². The lowest BCUT2D eigenvalue weighted by Crippen LogP contribution is -2.15. The van der Waals surface area contributed by atoms with Crippen LogP contribution in [0.1, 0.15) is 32.6 Å². The molecule has 0 aromatic heterocycles. The summed E-state index contributed by atoms with van der Waals surface area (Å²) in [6.45, 7) is 1.45. The minimum atomic E-state index is -1.12. The van der Waals surface area contributed by atoms with Crippen LogP contribution in [-0.2, 0) is 14.3 Å². The summed E-state index contributed by atoms with van der Waals surface area (Å²) < 4.78 is 5.10. The summed E-state index contributed by atoms with van der Waals surface area (Å²) in [5.41, 5.74) is 0.143. The summed E-state index contributed by atoms with van der Waals surface area (Å²) in [5.74, 6) is -1.63. The third-order valence-corrected chi connectivity index (χ3v) is 2.24. The number of carbonyl (C=O) groups excluding carboxylic acids is 1. The van der Waals surface area contributed by atoms with Crippen LogP contribution in [0.4, 0.5) is 0 Å². The van der Waals surface area contributed by atoms with Gasteiger partial charge < -0.3 is 9.84 Å². The first kappa shape index (κ1) is 10.8.